The fourth-order valence-corrected chi connectivity index (χ4v) is 1.93. The van der Waals surface area contributed by atoms with Gasteiger partial charge in [0.2, 0.25) is 6.79 Å². The molecular formula is C14H10BrNO2. The van der Waals surface area contributed by atoms with Crippen LogP contribution in [0.25, 0.3) is 0 Å². The van der Waals surface area contributed by atoms with Crippen molar-refractivity contribution in [2.75, 3.05) is 6.79 Å². The lowest BCUT2D eigenvalue weighted by Gasteiger charge is -1.97. The first kappa shape index (κ1) is 11.3. The lowest BCUT2D eigenvalue weighted by atomic mass is 10.2. The fraction of sp³-hybridized carbons (Fsp3) is 0.0714. The van der Waals surface area contributed by atoms with Crippen molar-refractivity contribution in [2.24, 2.45) is 4.99 Å². The molecule has 0 unspecified atom stereocenters. The minimum absolute atomic E-state index is 0.294. The molecule has 0 spiro atoms. The molecule has 0 aliphatic carbocycles. The zero-order chi connectivity index (χ0) is 12.4. The Morgan fingerprint density at radius 1 is 1.00 bits per heavy atom. The van der Waals surface area contributed by atoms with E-state index in [0.717, 1.165) is 27.2 Å². The standard InChI is InChI=1S/C14H10BrNO2/c15-11-2-4-12(5-3-11)16-8-10-1-6-13-14(7-10)18-9-17-13/h1-8H,9H2. The third-order valence-corrected chi connectivity index (χ3v) is 3.11. The average molecular weight is 304 g/mol. The van der Waals surface area contributed by atoms with Crippen LogP contribution in [0, 0.1) is 0 Å². The number of nitrogens with zero attached hydrogens (tertiary/aromatic N) is 1. The minimum Gasteiger partial charge on any atom is -0.454 e. The van der Waals surface area contributed by atoms with Crippen molar-refractivity contribution in [2.45, 2.75) is 0 Å². The van der Waals surface area contributed by atoms with Gasteiger partial charge in [-0.3, -0.25) is 4.99 Å². The normalized spacial score (nSPS) is 13.2. The Morgan fingerprint density at radius 3 is 2.61 bits per heavy atom. The van der Waals surface area contributed by atoms with Crippen LogP contribution < -0.4 is 9.47 Å². The van der Waals surface area contributed by atoms with Crippen molar-refractivity contribution in [1.82, 2.24) is 0 Å². The summed E-state index contributed by atoms with van der Waals surface area (Å²) in [5.74, 6) is 1.56. The van der Waals surface area contributed by atoms with Crippen molar-refractivity contribution in [3.8, 4) is 11.5 Å². The van der Waals surface area contributed by atoms with Gasteiger partial charge in [0.1, 0.15) is 0 Å². The van der Waals surface area contributed by atoms with Crippen LogP contribution in [0.5, 0.6) is 11.5 Å². The van der Waals surface area contributed by atoms with E-state index in [1.807, 2.05) is 48.7 Å². The maximum Gasteiger partial charge on any atom is 0.231 e. The van der Waals surface area contributed by atoms with Gasteiger partial charge in [-0.2, -0.15) is 0 Å². The van der Waals surface area contributed by atoms with Gasteiger partial charge in [-0.1, -0.05) is 15.9 Å². The van der Waals surface area contributed by atoms with Crippen LogP contribution in [0.1, 0.15) is 5.56 Å². The highest BCUT2D eigenvalue weighted by Crippen LogP contribution is 2.32. The Kier molecular flexibility index (Phi) is 3.02. The van der Waals surface area contributed by atoms with Gasteiger partial charge in [0.25, 0.3) is 0 Å². The smallest absolute Gasteiger partial charge is 0.231 e. The summed E-state index contributed by atoms with van der Waals surface area (Å²) >= 11 is 3.39. The van der Waals surface area contributed by atoms with E-state index >= 15 is 0 Å². The molecular weight excluding hydrogens is 294 g/mol. The van der Waals surface area contributed by atoms with Gasteiger partial charge in [0.15, 0.2) is 11.5 Å². The molecule has 4 heteroatoms. The molecule has 0 saturated heterocycles. The molecule has 18 heavy (non-hydrogen) atoms. The SMILES string of the molecule is Brc1ccc(N=Cc2ccc3c(c2)OCO3)cc1. The summed E-state index contributed by atoms with van der Waals surface area (Å²) in [5, 5.41) is 0. The van der Waals surface area contributed by atoms with Crippen molar-refractivity contribution >= 4 is 27.8 Å². The predicted octanol–water partition coefficient (Wildman–Crippen LogP) is 3.93. The minimum atomic E-state index is 0.294. The number of hydrogen-bond donors (Lipinski definition) is 0. The fourth-order valence-electron chi connectivity index (χ4n) is 1.67. The first-order chi connectivity index (χ1) is 8.81. The van der Waals surface area contributed by atoms with Gasteiger partial charge in [0.05, 0.1) is 5.69 Å². The van der Waals surface area contributed by atoms with Crippen LogP contribution >= 0.6 is 15.9 Å². The molecule has 0 bridgehead atoms. The van der Waals surface area contributed by atoms with Crippen molar-refractivity contribution < 1.29 is 9.47 Å². The van der Waals surface area contributed by atoms with Crippen molar-refractivity contribution in [1.29, 1.82) is 0 Å². The molecule has 3 nitrogen and oxygen atoms in total. The molecule has 0 amide bonds. The summed E-state index contributed by atoms with van der Waals surface area (Å²) in [4.78, 5) is 4.40. The van der Waals surface area contributed by atoms with Crippen LogP contribution in [0.4, 0.5) is 5.69 Å². The molecule has 0 radical (unpaired) electrons. The van der Waals surface area contributed by atoms with E-state index in [2.05, 4.69) is 20.9 Å². The molecule has 1 aliphatic heterocycles. The Balaban J connectivity index is 1.82. The van der Waals surface area contributed by atoms with E-state index in [1.54, 1.807) is 0 Å². The Morgan fingerprint density at radius 2 is 1.78 bits per heavy atom. The van der Waals surface area contributed by atoms with Gasteiger partial charge in [0, 0.05) is 10.7 Å². The average Bonchev–Trinajstić information content (AvgIpc) is 2.85. The highest BCUT2D eigenvalue weighted by Gasteiger charge is 2.12. The molecule has 0 atom stereocenters. The quantitative estimate of drug-likeness (QED) is 0.787. The monoisotopic (exact) mass is 303 g/mol. The molecule has 0 aromatic heterocycles. The lowest BCUT2D eigenvalue weighted by molar-refractivity contribution is 0.174. The highest BCUT2D eigenvalue weighted by molar-refractivity contribution is 9.10. The Labute approximate surface area is 113 Å². The zero-order valence-electron chi connectivity index (χ0n) is 9.47. The number of fused-ring (bicyclic) bond motifs is 1. The zero-order valence-corrected chi connectivity index (χ0v) is 11.1. The highest BCUT2D eigenvalue weighted by atomic mass is 79.9. The number of benzene rings is 2. The molecule has 0 fully saturated rings. The summed E-state index contributed by atoms with van der Waals surface area (Å²) in [6.07, 6.45) is 1.81. The summed E-state index contributed by atoms with van der Waals surface area (Å²) in [7, 11) is 0. The van der Waals surface area contributed by atoms with Crippen molar-refractivity contribution in [3.05, 3.63) is 52.5 Å². The van der Waals surface area contributed by atoms with E-state index in [-0.39, 0.29) is 0 Å². The summed E-state index contributed by atoms with van der Waals surface area (Å²) in [6, 6.07) is 13.6. The topological polar surface area (TPSA) is 30.8 Å². The molecule has 3 rings (SSSR count). The number of hydrogen-bond acceptors (Lipinski definition) is 3. The summed E-state index contributed by atoms with van der Waals surface area (Å²) in [6.45, 7) is 0.294. The van der Waals surface area contributed by atoms with Crippen LogP contribution in [0.2, 0.25) is 0 Å². The third kappa shape index (κ3) is 2.38. The van der Waals surface area contributed by atoms with Gasteiger partial charge >= 0.3 is 0 Å². The first-order valence-corrected chi connectivity index (χ1v) is 6.30. The maximum atomic E-state index is 5.32. The maximum absolute atomic E-state index is 5.32. The largest absolute Gasteiger partial charge is 0.454 e. The number of halogens is 1. The van der Waals surface area contributed by atoms with Crippen LogP contribution in [-0.2, 0) is 0 Å². The van der Waals surface area contributed by atoms with Crippen molar-refractivity contribution in [3.63, 3.8) is 0 Å². The second kappa shape index (κ2) is 4.82. The van der Waals surface area contributed by atoms with Gasteiger partial charge in [-0.25, -0.2) is 0 Å². The number of aliphatic imine (C=N–C) groups is 1. The second-order valence-electron chi connectivity index (χ2n) is 3.85. The van der Waals surface area contributed by atoms with E-state index in [1.165, 1.54) is 0 Å². The first-order valence-electron chi connectivity index (χ1n) is 5.50. The molecule has 90 valence electrons. The summed E-state index contributed by atoms with van der Waals surface area (Å²) < 4.78 is 11.6. The summed E-state index contributed by atoms with van der Waals surface area (Å²) in [5.41, 5.74) is 1.90. The molecule has 0 N–H and O–H groups in total. The Hall–Kier alpha value is -1.81. The van der Waals surface area contributed by atoms with E-state index in [4.69, 9.17) is 9.47 Å². The van der Waals surface area contributed by atoms with E-state index in [9.17, 15) is 0 Å². The van der Waals surface area contributed by atoms with Gasteiger partial charge < -0.3 is 9.47 Å². The van der Waals surface area contributed by atoms with Crippen LogP contribution in [-0.4, -0.2) is 13.0 Å². The van der Waals surface area contributed by atoms with Gasteiger partial charge in [-0.05, 0) is 48.0 Å². The Bertz CT molecular complexity index is 593. The molecule has 1 aliphatic rings. The van der Waals surface area contributed by atoms with Crippen LogP contribution in [0.3, 0.4) is 0 Å². The third-order valence-electron chi connectivity index (χ3n) is 2.59. The lowest BCUT2D eigenvalue weighted by Crippen LogP contribution is -1.92. The van der Waals surface area contributed by atoms with E-state index in [0.29, 0.717) is 6.79 Å². The predicted molar refractivity (Wildman–Crippen MR) is 74.0 cm³/mol. The molecule has 0 saturated carbocycles. The second-order valence-corrected chi connectivity index (χ2v) is 4.76. The molecule has 2 aromatic carbocycles. The molecule has 1 heterocycles. The van der Waals surface area contributed by atoms with Crippen LogP contribution in [0.15, 0.2) is 51.9 Å². The number of ether oxygens (including phenoxy) is 2. The van der Waals surface area contributed by atoms with E-state index < -0.39 is 0 Å². The van der Waals surface area contributed by atoms with Gasteiger partial charge in [-0.15, -0.1) is 0 Å². The molecule has 2 aromatic rings. The number of rotatable bonds is 2.